The number of amides is 2. The summed E-state index contributed by atoms with van der Waals surface area (Å²) in [5.74, 6) is -1.66. The van der Waals surface area contributed by atoms with E-state index in [4.69, 9.17) is 10.8 Å². The third-order valence-electron chi connectivity index (χ3n) is 3.97. The number of hydrogen-bond donors (Lipinski definition) is 4. The molecule has 0 fully saturated rings. The molecule has 0 aliphatic carbocycles. The molecular formula is C21H17N3O4. The molecule has 0 bridgehead atoms. The van der Waals surface area contributed by atoms with Crippen LogP contribution in [-0.4, -0.2) is 22.9 Å². The standard InChI is InChI=1S/C21H17N3O4/c22-16-7-1-13(2-8-16)19(25)23-17-9-3-14(4-10-17)20(26)24-18-11-5-15(6-12-18)21(27)28/h1-12H,22H2,(H,23,25)(H,24,26)(H,27,28). The fourth-order valence-electron chi connectivity index (χ4n) is 2.44. The first-order valence-corrected chi connectivity index (χ1v) is 8.34. The molecule has 28 heavy (non-hydrogen) atoms. The highest BCUT2D eigenvalue weighted by molar-refractivity contribution is 6.06. The first-order chi connectivity index (χ1) is 13.4. The van der Waals surface area contributed by atoms with Gasteiger partial charge in [0.2, 0.25) is 0 Å². The van der Waals surface area contributed by atoms with E-state index in [0.717, 1.165) is 0 Å². The number of nitrogen functional groups attached to an aromatic ring is 1. The molecule has 3 rings (SSSR count). The smallest absolute Gasteiger partial charge is 0.335 e. The Labute approximate surface area is 160 Å². The Kier molecular flexibility index (Phi) is 5.36. The largest absolute Gasteiger partial charge is 0.478 e. The zero-order valence-corrected chi connectivity index (χ0v) is 14.7. The second kappa shape index (κ2) is 8.05. The van der Waals surface area contributed by atoms with E-state index in [1.165, 1.54) is 24.3 Å². The summed E-state index contributed by atoms with van der Waals surface area (Å²) in [6.45, 7) is 0. The molecule has 0 aromatic heterocycles. The number of carboxylic acid groups (broad SMARTS) is 1. The van der Waals surface area contributed by atoms with Crippen LogP contribution in [0, 0.1) is 0 Å². The van der Waals surface area contributed by atoms with Gasteiger partial charge in [0.15, 0.2) is 0 Å². The summed E-state index contributed by atoms with van der Waals surface area (Å²) >= 11 is 0. The fraction of sp³-hybridized carbons (Fsp3) is 0. The minimum absolute atomic E-state index is 0.138. The second-order valence-corrected chi connectivity index (χ2v) is 5.99. The molecule has 0 saturated heterocycles. The van der Waals surface area contributed by atoms with Crippen molar-refractivity contribution in [2.24, 2.45) is 0 Å². The number of carboxylic acids is 1. The zero-order chi connectivity index (χ0) is 20.1. The molecule has 0 aliphatic heterocycles. The van der Waals surface area contributed by atoms with Crippen molar-refractivity contribution in [3.05, 3.63) is 89.5 Å². The number of aromatic carboxylic acids is 1. The molecule has 0 radical (unpaired) electrons. The summed E-state index contributed by atoms with van der Waals surface area (Å²) in [6.07, 6.45) is 0. The Bertz CT molecular complexity index is 1010. The minimum atomic E-state index is -1.03. The van der Waals surface area contributed by atoms with Gasteiger partial charge in [0.1, 0.15) is 0 Å². The van der Waals surface area contributed by atoms with Gasteiger partial charge in [-0.15, -0.1) is 0 Å². The third-order valence-corrected chi connectivity index (χ3v) is 3.97. The van der Waals surface area contributed by atoms with Crippen LogP contribution in [0.4, 0.5) is 17.1 Å². The molecule has 0 heterocycles. The molecule has 0 saturated carbocycles. The summed E-state index contributed by atoms with van der Waals surface area (Å²) in [5, 5.41) is 14.3. The van der Waals surface area contributed by atoms with Crippen molar-refractivity contribution in [3.8, 4) is 0 Å². The van der Waals surface area contributed by atoms with Crippen molar-refractivity contribution >= 4 is 34.8 Å². The highest BCUT2D eigenvalue weighted by Gasteiger charge is 2.09. The Morgan fingerprint density at radius 3 is 1.36 bits per heavy atom. The summed E-state index contributed by atoms with van der Waals surface area (Å²) in [4.78, 5) is 35.3. The maximum absolute atomic E-state index is 12.3. The van der Waals surface area contributed by atoms with Gasteiger partial charge in [0.05, 0.1) is 5.56 Å². The summed E-state index contributed by atoms with van der Waals surface area (Å²) in [6, 6.07) is 18.8. The number of benzene rings is 3. The van der Waals surface area contributed by atoms with Gasteiger partial charge in [-0.3, -0.25) is 9.59 Å². The molecular weight excluding hydrogens is 358 g/mol. The lowest BCUT2D eigenvalue weighted by atomic mass is 10.1. The molecule has 0 aliphatic rings. The van der Waals surface area contributed by atoms with Crippen LogP contribution in [0.2, 0.25) is 0 Å². The van der Waals surface area contributed by atoms with Crippen LogP contribution >= 0.6 is 0 Å². The third kappa shape index (κ3) is 4.53. The average molecular weight is 375 g/mol. The van der Waals surface area contributed by atoms with Gasteiger partial charge in [0.25, 0.3) is 11.8 Å². The molecule has 3 aromatic rings. The van der Waals surface area contributed by atoms with Gasteiger partial charge in [-0.2, -0.15) is 0 Å². The lowest BCUT2D eigenvalue weighted by molar-refractivity contribution is 0.0696. The van der Waals surface area contributed by atoms with E-state index in [1.54, 1.807) is 48.5 Å². The van der Waals surface area contributed by atoms with E-state index in [0.29, 0.717) is 28.2 Å². The number of hydrogen-bond acceptors (Lipinski definition) is 4. The lowest BCUT2D eigenvalue weighted by Gasteiger charge is -2.08. The van der Waals surface area contributed by atoms with Crippen LogP contribution in [0.15, 0.2) is 72.8 Å². The molecule has 3 aromatic carbocycles. The van der Waals surface area contributed by atoms with E-state index in [1.807, 2.05) is 0 Å². The lowest BCUT2D eigenvalue weighted by Crippen LogP contribution is -2.13. The first kappa shape index (κ1) is 18.7. The van der Waals surface area contributed by atoms with Crippen molar-refractivity contribution in [1.29, 1.82) is 0 Å². The highest BCUT2D eigenvalue weighted by Crippen LogP contribution is 2.15. The monoisotopic (exact) mass is 375 g/mol. The van der Waals surface area contributed by atoms with Crippen molar-refractivity contribution in [2.75, 3.05) is 16.4 Å². The van der Waals surface area contributed by atoms with Crippen LogP contribution < -0.4 is 16.4 Å². The van der Waals surface area contributed by atoms with Crippen molar-refractivity contribution in [2.45, 2.75) is 0 Å². The number of nitrogens with two attached hydrogens (primary N) is 1. The quantitative estimate of drug-likeness (QED) is 0.509. The number of anilines is 3. The number of rotatable bonds is 5. The molecule has 7 heteroatoms. The Hall–Kier alpha value is -4.13. The minimum Gasteiger partial charge on any atom is -0.478 e. The first-order valence-electron chi connectivity index (χ1n) is 8.34. The normalized spacial score (nSPS) is 10.1. The van der Waals surface area contributed by atoms with Gasteiger partial charge >= 0.3 is 5.97 Å². The van der Waals surface area contributed by atoms with Gasteiger partial charge in [-0.05, 0) is 72.8 Å². The van der Waals surface area contributed by atoms with Crippen molar-refractivity contribution in [3.63, 3.8) is 0 Å². The van der Waals surface area contributed by atoms with Gasteiger partial charge in [0, 0.05) is 28.2 Å². The number of nitrogens with one attached hydrogen (secondary N) is 2. The van der Waals surface area contributed by atoms with Crippen LogP contribution in [-0.2, 0) is 0 Å². The summed E-state index contributed by atoms with van der Waals surface area (Å²) in [5.41, 5.74) is 8.21. The number of carbonyl (C=O) groups excluding carboxylic acids is 2. The van der Waals surface area contributed by atoms with Crippen LogP contribution in [0.1, 0.15) is 31.1 Å². The van der Waals surface area contributed by atoms with E-state index in [2.05, 4.69) is 10.6 Å². The molecule has 0 atom stereocenters. The summed E-state index contributed by atoms with van der Waals surface area (Å²) < 4.78 is 0. The average Bonchev–Trinajstić information content (AvgIpc) is 2.69. The molecule has 0 spiro atoms. The van der Waals surface area contributed by atoms with Crippen molar-refractivity contribution in [1.82, 2.24) is 0 Å². The summed E-state index contributed by atoms with van der Waals surface area (Å²) in [7, 11) is 0. The van der Waals surface area contributed by atoms with E-state index >= 15 is 0 Å². The van der Waals surface area contributed by atoms with E-state index in [9.17, 15) is 14.4 Å². The molecule has 0 unspecified atom stereocenters. The number of carbonyl (C=O) groups is 3. The van der Waals surface area contributed by atoms with E-state index in [-0.39, 0.29) is 17.4 Å². The molecule has 5 N–H and O–H groups in total. The van der Waals surface area contributed by atoms with Gasteiger partial charge in [-0.25, -0.2) is 4.79 Å². The maximum atomic E-state index is 12.3. The Morgan fingerprint density at radius 2 is 0.964 bits per heavy atom. The van der Waals surface area contributed by atoms with Crippen LogP contribution in [0.25, 0.3) is 0 Å². The SMILES string of the molecule is Nc1ccc(C(=O)Nc2ccc(C(=O)Nc3ccc(C(=O)O)cc3)cc2)cc1. The predicted octanol–water partition coefficient (Wildman–Crippen LogP) is 3.47. The highest BCUT2D eigenvalue weighted by atomic mass is 16.4. The topological polar surface area (TPSA) is 122 Å². The van der Waals surface area contributed by atoms with Crippen LogP contribution in [0.3, 0.4) is 0 Å². The fourth-order valence-corrected chi connectivity index (χ4v) is 2.44. The van der Waals surface area contributed by atoms with Crippen molar-refractivity contribution < 1.29 is 19.5 Å². The zero-order valence-electron chi connectivity index (χ0n) is 14.7. The molecule has 2 amide bonds. The van der Waals surface area contributed by atoms with Gasteiger partial charge < -0.3 is 21.5 Å². The molecule has 7 nitrogen and oxygen atoms in total. The predicted molar refractivity (Wildman–Crippen MR) is 107 cm³/mol. The Balaban J connectivity index is 1.63. The van der Waals surface area contributed by atoms with Gasteiger partial charge in [-0.1, -0.05) is 0 Å². The van der Waals surface area contributed by atoms with E-state index < -0.39 is 5.97 Å². The second-order valence-electron chi connectivity index (χ2n) is 5.99. The van der Waals surface area contributed by atoms with Crippen LogP contribution in [0.5, 0.6) is 0 Å². The molecule has 140 valence electrons. The Morgan fingerprint density at radius 1 is 0.607 bits per heavy atom. The maximum Gasteiger partial charge on any atom is 0.335 e.